The highest BCUT2D eigenvalue weighted by Gasteiger charge is 2.26. The monoisotopic (exact) mass is 306 g/mol. The average Bonchev–Trinajstić information content (AvgIpc) is 2.86. The molecule has 0 unspecified atom stereocenters. The van der Waals surface area contributed by atoms with Gasteiger partial charge in [-0.3, -0.25) is 9.89 Å². The first kappa shape index (κ1) is 15.3. The Hall–Kier alpha value is -2.55. The molecule has 0 fully saturated rings. The number of aromatic amines is 1. The molecule has 0 aliphatic heterocycles. The van der Waals surface area contributed by atoms with Gasteiger partial charge in [-0.1, -0.05) is 68.8 Å². The van der Waals surface area contributed by atoms with Crippen LogP contribution in [-0.2, 0) is 5.41 Å². The normalized spacial score (nSPS) is 11.7. The lowest BCUT2D eigenvalue weighted by molar-refractivity contribution is 0.586. The van der Waals surface area contributed by atoms with Gasteiger partial charge in [0.1, 0.15) is 0 Å². The number of aromatic nitrogens is 2. The molecule has 3 heteroatoms. The summed E-state index contributed by atoms with van der Waals surface area (Å²) in [5.74, 6) is 0. The molecule has 3 aromatic rings. The quantitative estimate of drug-likeness (QED) is 0.747. The minimum atomic E-state index is -0.242. The van der Waals surface area contributed by atoms with Crippen LogP contribution in [0.2, 0.25) is 0 Å². The van der Waals surface area contributed by atoms with Crippen molar-refractivity contribution in [2.75, 3.05) is 0 Å². The number of benzene rings is 2. The van der Waals surface area contributed by atoms with Crippen molar-refractivity contribution in [2.45, 2.75) is 33.1 Å². The Morgan fingerprint density at radius 1 is 0.913 bits per heavy atom. The third-order valence-corrected chi connectivity index (χ3v) is 4.00. The van der Waals surface area contributed by atoms with E-state index in [1.165, 1.54) is 5.56 Å². The van der Waals surface area contributed by atoms with Crippen LogP contribution >= 0.6 is 0 Å². The van der Waals surface area contributed by atoms with Gasteiger partial charge >= 0.3 is 0 Å². The van der Waals surface area contributed by atoms with Crippen molar-refractivity contribution >= 4 is 0 Å². The van der Waals surface area contributed by atoms with Gasteiger partial charge < -0.3 is 0 Å². The molecular weight excluding hydrogens is 284 g/mol. The lowest BCUT2D eigenvalue weighted by Gasteiger charge is -2.17. The van der Waals surface area contributed by atoms with Gasteiger partial charge in [-0.2, -0.15) is 0 Å². The molecule has 0 aliphatic rings. The van der Waals surface area contributed by atoms with E-state index in [0.717, 1.165) is 22.5 Å². The Balaban J connectivity index is 2.27. The topological polar surface area (TPSA) is 37.8 Å². The fraction of sp³-hybridized carbons (Fsp3) is 0.250. The van der Waals surface area contributed by atoms with Gasteiger partial charge in [0.05, 0.1) is 16.9 Å². The Bertz CT molecular complexity index is 863. The van der Waals surface area contributed by atoms with Gasteiger partial charge in [-0.15, -0.1) is 0 Å². The van der Waals surface area contributed by atoms with E-state index in [1.54, 1.807) is 4.68 Å². The highest BCUT2D eigenvalue weighted by Crippen LogP contribution is 2.30. The van der Waals surface area contributed by atoms with E-state index in [-0.39, 0.29) is 11.0 Å². The highest BCUT2D eigenvalue weighted by molar-refractivity contribution is 5.65. The van der Waals surface area contributed by atoms with Gasteiger partial charge in [0.2, 0.25) is 0 Å². The number of nitrogens with one attached hydrogen (secondary N) is 1. The smallest absolute Gasteiger partial charge is 0.275 e. The molecule has 3 nitrogen and oxygen atoms in total. The summed E-state index contributed by atoms with van der Waals surface area (Å²) in [7, 11) is 0. The predicted molar refractivity (Wildman–Crippen MR) is 95.3 cm³/mol. The highest BCUT2D eigenvalue weighted by atomic mass is 16.1. The molecule has 0 saturated heterocycles. The number of para-hydroxylation sites is 1. The predicted octanol–water partition coefficient (Wildman–Crippen LogP) is 4.44. The van der Waals surface area contributed by atoms with Crippen molar-refractivity contribution in [2.24, 2.45) is 0 Å². The summed E-state index contributed by atoms with van der Waals surface area (Å²) in [5.41, 5.74) is 4.56. The average molecular weight is 306 g/mol. The maximum absolute atomic E-state index is 13.0. The molecule has 3 rings (SSSR count). The molecule has 1 N–H and O–H groups in total. The maximum Gasteiger partial charge on any atom is 0.275 e. The zero-order valence-electron chi connectivity index (χ0n) is 14.1. The van der Waals surface area contributed by atoms with E-state index in [1.807, 2.05) is 30.3 Å². The summed E-state index contributed by atoms with van der Waals surface area (Å²) in [6.45, 7) is 8.28. The lowest BCUT2D eigenvalue weighted by atomic mass is 9.85. The largest absolute Gasteiger partial charge is 0.290 e. The number of rotatable bonds is 2. The van der Waals surface area contributed by atoms with Gasteiger partial charge in [-0.05, 0) is 30.0 Å². The van der Waals surface area contributed by atoms with Crippen LogP contribution in [0.4, 0.5) is 0 Å². The van der Waals surface area contributed by atoms with Crippen LogP contribution in [0, 0.1) is 6.92 Å². The molecular formula is C20H22N2O. The number of H-pyrrole nitrogens is 1. The van der Waals surface area contributed by atoms with Crippen molar-refractivity contribution in [3.8, 4) is 16.9 Å². The van der Waals surface area contributed by atoms with Crippen molar-refractivity contribution in [1.29, 1.82) is 0 Å². The Morgan fingerprint density at radius 2 is 1.52 bits per heavy atom. The minimum Gasteiger partial charge on any atom is -0.290 e. The van der Waals surface area contributed by atoms with E-state index < -0.39 is 0 Å². The minimum absolute atomic E-state index is 0.0132. The summed E-state index contributed by atoms with van der Waals surface area (Å²) >= 11 is 0. The number of aryl methyl sites for hydroxylation is 1. The third kappa shape index (κ3) is 2.87. The van der Waals surface area contributed by atoms with E-state index in [4.69, 9.17) is 0 Å². The SMILES string of the molecule is Cc1ccc(-c2[nH]n(-c3ccccc3)c(=O)c2C(C)(C)C)cc1. The van der Waals surface area contributed by atoms with Gasteiger partial charge in [-0.25, -0.2) is 4.68 Å². The molecule has 1 heterocycles. The molecule has 0 atom stereocenters. The van der Waals surface area contributed by atoms with Crippen LogP contribution in [0.5, 0.6) is 0 Å². The molecule has 0 aliphatic carbocycles. The zero-order chi connectivity index (χ0) is 16.6. The van der Waals surface area contributed by atoms with Crippen molar-refractivity contribution in [1.82, 2.24) is 9.78 Å². The van der Waals surface area contributed by atoms with Crippen molar-refractivity contribution in [3.63, 3.8) is 0 Å². The summed E-state index contributed by atoms with van der Waals surface area (Å²) in [6, 6.07) is 17.9. The molecule has 2 aromatic carbocycles. The van der Waals surface area contributed by atoms with Crippen LogP contribution in [-0.4, -0.2) is 9.78 Å². The summed E-state index contributed by atoms with van der Waals surface area (Å²) in [6.07, 6.45) is 0. The summed E-state index contributed by atoms with van der Waals surface area (Å²) in [5, 5.41) is 3.31. The van der Waals surface area contributed by atoms with Crippen LogP contribution < -0.4 is 5.56 Å². The van der Waals surface area contributed by atoms with Gasteiger partial charge in [0.25, 0.3) is 5.56 Å². The molecule has 0 bridgehead atoms. The second-order valence-electron chi connectivity index (χ2n) is 6.95. The molecule has 118 valence electrons. The van der Waals surface area contributed by atoms with Crippen LogP contribution in [0.25, 0.3) is 16.9 Å². The fourth-order valence-electron chi connectivity index (χ4n) is 2.82. The van der Waals surface area contributed by atoms with E-state index in [9.17, 15) is 4.79 Å². The molecule has 0 amide bonds. The molecule has 0 radical (unpaired) electrons. The lowest BCUT2D eigenvalue weighted by Crippen LogP contribution is -2.25. The third-order valence-electron chi connectivity index (χ3n) is 4.00. The first-order chi connectivity index (χ1) is 10.9. The first-order valence-corrected chi connectivity index (χ1v) is 7.86. The van der Waals surface area contributed by atoms with Crippen molar-refractivity contribution in [3.05, 3.63) is 76.1 Å². The van der Waals surface area contributed by atoms with Crippen molar-refractivity contribution < 1.29 is 0 Å². The molecule has 0 spiro atoms. The maximum atomic E-state index is 13.0. The van der Waals surface area contributed by atoms with E-state index >= 15 is 0 Å². The van der Waals surface area contributed by atoms with Crippen LogP contribution in [0.1, 0.15) is 31.9 Å². The Morgan fingerprint density at radius 3 is 2.09 bits per heavy atom. The molecule has 0 saturated carbocycles. The molecule has 23 heavy (non-hydrogen) atoms. The second-order valence-corrected chi connectivity index (χ2v) is 6.95. The second kappa shape index (κ2) is 5.58. The summed E-state index contributed by atoms with van der Waals surface area (Å²) < 4.78 is 1.63. The Labute approximate surface area is 136 Å². The van der Waals surface area contributed by atoms with E-state index in [0.29, 0.717) is 0 Å². The molecule has 1 aromatic heterocycles. The number of nitrogens with zero attached hydrogens (tertiary/aromatic N) is 1. The van der Waals surface area contributed by atoms with Gasteiger partial charge in [0, 0.05) is 0 Å². The van der Waals surface area contributed by atoms with Gasteiger partial charge in [0.15, 0.2) is 0 Å². The zero-order valence-corrected chi connectivity index (χ0v) is 14.1. The number of hydrogen-bond donors (Lipinski definition) is 1. The van der Waals surface area contributed by atoms with E-state index in [2.05, 4.69) is 57.1 Å². The van der Waals surface area contributed by atoms with Crippen LogP contribution in [0.3, 0.4) is 0 Å². The Kier molecular flexibility index (Phi) is 3.72. The van der Waals surface area contributed by atoms with Crippen LogP contribution in [0.15, 0.2) is 59.4 Å². The standard InChI is InChI=1S/C20H22N2O/c1-14-10-12-15(13-11-14)18-17(20(2,3)4)19(23)22(21-18)16-8-6-5-7-9-16/h5-13,21H,1-4H3. The summed E-state index contributed by atoms with van der Waals surface area (Å²) in [4.78, 5) is 13.0. The number of hydrogen-bond acceptors (Lipinski definition) is 1. The fourth-order valence-corrected chi connectivity index (χ4v) is 2.82. The first-order valence-electron chi connectivity index (χ1n) is 7.86.